The van der Waals surface area contributed by atoms with E-state index in [1.165, 1.54) is 4.90 Å². The van der Waals surface area contributed by atoms with Crippen LogP contribution in [0.25, 0.3) is 0 Å². The minimum atomic E-state index is -1.000. The largest absolute Gasteiger partial charge is 0.480 e. The highest BCUT2D eigenvalue weighted by molar-refractivity contribution is 6.31. The number of nitrogens with zero attached hydrogens (tertiary/aromatic N) is 1. The Hall–Kier alpha value is -2.53. The van der Waals surface area contributed by atoms with Gasteiger partial charge in [-0.2, -0.15) is 0 Å². The van der Waals surface area contributed by atoms with Crippen molar-refractivity contribution in [1.29, 1.82) is 0 Å². The lowest BCUT2D eigenvalue weighted by Crippen LogP contribution is -2.37. The topological polar surface area (TPSA) is 69.6 Å². The molecule has 0 bridgehead atoms. The number of nitrogens with one attached hydrogen (secondary N) is 1. The van der Waals surface area contributed by atoms with Crippen molar-refractivity contribution in [3.63, 3.8) is 0 Å². The summed E-state index contributed by atoms with van der Waals surface area (Å²) in [5.74, 6) is -1.31. The van der Waals surface area contributed by atoms with Gasteiger partial charge in [-0.3, -0.25) is 9.59 Å². The molecule has 0 aliphatic heterocycles. The van der Waals surface area contributed by atoms with Crippen LogP contribution in [-0.4, -0.2) is 30.1 Å². The van der Waals surface area contributed by atoms with Crippen LogP contribution in [0.2, 0.25) is 5.02 Å². The van der Waals surface area contributed by atoms with Gasteiger partial charge in [0.05, 0.1) is 6.54 Å². The Labute approximate surface area is 139 Å². The normalized spacial score (nSPS) is 10.2. The number of hydrogen-bond acceptors (Lipinski definition) is 3. The van der Waals surface area contributed by atoms with Crippen molar-refractivity contribution in [3.05, 3.63) is 59.1 Å². The van der Waals surface area contributed by atoms with Gasteiger partial charge in [0.15, 0.2) is 0 Å². The van der Waals surface area contributed by atoms with E-state index in [0.29, 0.717) is 16.4 Å². The average Bonchev–Trinajstić information content (AvgIpc) is 2.51. The van der Waals surface area contributed by atoms with Crippen molar-refractivity contribution < 1.29 is 14.7 Å². The Bertz CT molecular complexity index is 704. The number of carboxylic acid groups (broad SMARTS) is 1. The molecule has 0 atom stereocenters. The quantitative estimate of drug-likeness (QED) is 0.852. The van der Waals surface area contributed by atoms with Gasteiger partial charge >= 0.3 is 5.97 Å². The summed E-state index contributed by atoms with van der Waals surface area (Å²) in [7, 11) is 0. The van der Waals surface area contributed by atoms with Gasteiger partial charge in [0, 0.05) is 16.4 Å². The molecular formula is C17H17ClN2O3. The average molecular weight is 333 g/mol. The molecule has 5 nitrogen and oxygen atoms in total. The Morgan fingerprint density at radius 1 is 1.13 bits per heavy atom. The lowest BCUT2D eigenvalue weighted by atomic mass is 10.2. The fourth-order valence-corrected chi connectivity index (χ4v) is 2.27. The number of rotatable bonds is 6. The van der Waals surface area contributed by atoms with E-state index in [4.69, 9.17) is 16.7 Å². The molecule has 1 amide bonds. The smallest absolute Gasteiger partial charge is 0.323 e. The van der Waals surface area contributed by atoms with Crippen LogP contribution in [0.1, 0.15) is 5.56 Å². The van der Waals surface area contributed by atoms with E-state index in [2.05, 4.69) is 5.32 Å². The number of carbonyl (C=O) groups is 2. The maximum atomic E-state index is 12.2. The van der Waals surface area contributed by atoms with Crippen LogP contribution in [0.3, 0.4) is 0 Å². The first-order chi connectivity index (χ1) is 11.0. The summed E-state index contributed by atoms with van der Waals surface area (Å²) in [5, 5.41) is 12.3. The number of carboxylic acids is 1. The van der Waals surface area contributed by atoms with Crippen LogP contribution in [0.4, 0.5) is 11.4 Å². The highest BCUT2D eigenvalue weighted by Gasteiger charge is 2.15. The molecule has 0 radical (unpaired) electrons. The summed E-state index contributed by atoms with van der Waals surface area (Å²) in [6, 6.07) is 14.2. The summed E-state index contributed by atoms with van der Waals surface area (Å²) in [4.78, 5) is 24.7. The van der Waals surface area contributed by atoms with Crippen LogP contribution in [0.5, 0.6) is 0 Å². The van der Waals surface area contributed by atoms with Gasteiger partial charge in [-0.25, -0.2) is 0 Å². The monoisotopic (exact) mass is 332 g/mol. The first kappa shape index (κ1) is 16.8. The molecule has 0 heterocycles. The number of para-hydroxylation sites is 1. The van der Waals surface area contributed by atoms with Crippen LogP contribution in [0.15, 0.2) is 48.5 Å². The number of halogens is 1. The van der Waals surface area contributed by atoms with Crippen molar-refractivity contribution in [2.45, 2.75) is 6.92 Å². The van der Waals surface area contributed by atoms with E-state index in [0.717, 1.165) is 5.56 Å². The number of carbonyl (C=O) groups excluding carboxylic acids is 1. The van der Waals surface area contributed by atoms with Gasteiger partial charge in [0.25, 0.3) is 0 Å². The van der Waals surface area contributed by atoms with E-state index < -0.39 is 5.97 Å². The van der Waals surface area contributed by atoms with Crippen molar-refractivity contribution in [2.24, 2.45) is 0 Å². The lowest BCUT2D eigenvalue weighted by Gasteiger charge is -2.22. The Kier molecular flexibility index (Phi) is 5.60. The molecule has 0 aliphatic rings. The molecule has 0 unspecified atom stereocenters. The minimum Gasteiger partial charge on any atom is -0.480 e. The molecule has 0 aromatic heterocycles. The van der Waals surface area contributed by atoms with E-state index in [1.807, 2.05) is 19.1 Å². The lowest BCUT2D eigenvalue weighted by molar-refractivity contribution is -0.135. The van der Waals surface area contributed by atoms with E-state index in [9.17, 15) is 9.59 Å². The summed E-state index contributed by atoms with van der Waals surface area (Å²) in [6.45, 7) is 1.55. The summed E-state index contributed by atoms with van der Waals surface area (Å²) >= 11 is 6.03. The van der Waals surface area contributed by atoms with E-state index >= 15 is 0 Å². The Balaban J connectivity index is 2.08. The number of hydrogen-bond donors (Lipinski definition) is 2. The molecule has 23 heavy (non-hydrogen) atoms. The zero-order valence-electron chi connectivity index (χ0n) is 12.6. The second-order valence-electron chi connectivity index (χ2n) is 5.10. The van der Waals surface area contributed by atoms with Gasteiger partial charge in [0.1, 0.15) is 6.54 Å². The Morgan fingerprint density at radius 3 is 2.43 bits per heavy atom. The molecule has 0 saturated heterocycles. The Morgan fingerprint density at radius 2 is 1.83 bits per heavy atom. The molecule has 2 aromatic rings. The fraction of sp³-hybridized carbons (Fsp3) is 0.176. The number of aliphatic carboxylic acids is 1. The van der Waals surface area contributed by atoms with Crippen molar-refractivity contribution in [2.75, 3.05) is 23.3 Å². The predicted molar refractivity (Wildman–Crippen MR) is 91.1 cm³/mol. The SMILES string of the molecule is Cc1ccc(NC(=O)CN(CC(=O)O)c2ccccc2)cc1Cl. The van der Waals surface area contributed by atoms with E-state index in [-0.39, 0.29) is 19.0 Å². The second-order valence-corrected chi connectivity index (χ2v) is 5.50. The maximum Gasteiger partial charge on any atom is 0.323 e. The first-order valence-electron chi connectivity index (χ1n) is 7.03. The number of anilines is 2. The molecule has 2 rings (SSSR count). The third-order valence-electron chi connectivity index (χ3n) is 3.24. The van der Waals surface area contributed by atoms with E-state index in [1.54, 1.807) is 36.4 Å². The standard InChI is InChI=1S/C17H17ClN2O3/c1-12-7-8-13(9-15(12)18)19-16(21)10-20(11-17(22)23)14-5-3-2-4-6-14/h2-9H,10-11H2,1H3,(H,19,21)(H,22,23). The molecule has 0 fully saturated rings. The zero-order chi connectivity index (χ0) is 16.8. The molecular weight excluding hydrogens is 316 g/mol. The number of benzene rings is 2. The van der Waals surface area contributed by atoms with Crippen LogP contribution in [0, 0.1) is 6.92 Å². The maximum absolute atomic E-state index is 12.2. The highest BCUT2D eigenvalue weighted by atomic mass is 35.5. The molecule has 0 spiro atoms. The van der Waals surface area contributed by atoms with Gasteiger partial charge < -0.3 is 15.3 Å². The van der Waals surface area contributed by atoms with Crippen molar-refractivity contribution in [3.8, 4) is 0 Å². The summed E-state index contributed by atoms with van der Waals surface area (Å²) in [5.41, 5.74) is 2.17. The molecule has 0 aliphatic carbocycles. The number of amides is 1. The third kappa shape index (κ3) is 5.00. The van der Waals surface area contributed by atoms with Gasteiger partial charge in [0.2, 0.25) is 5.91 Å². The minimum absolute atomic E-state index is 0.0676. The summed E-state index contributed by atoms with van der Waals surface area (Å²) in [6.07, 6.45) is 0. The van der Waals surface area contributed by atoms with Gasteiger partial charge in [-0.15, -0.1) is 0 Å². The van der Waals surface area contributed by atoms with Crippen LogP contribution < -0.4 is 10.2 Å². The van der Waals surface area contributed by atoms with Crippen molar-refractivity contribution >= 4 is 34.9 Å². The fourth-order valence-electron chi connectivity index (χ4n) is 2.09. The second kappa shape index (κ2) is 7.65. The van der Waals surface area contributed by atoms with Gasteiger partial charge in [-0.1, -0.05) is 35.9 Å². The number of aryl methyl sites for hydroxylation is 1. The molecule has 120 valence electrons. The molecule has 2 aromatic carbocycles. The summed E-state index contributed by atoms with van der Waals surface area (Å²) < 4.78 is 0. The predicted octanol–water partition coefficient (Wildman–Crippen LogP) is 3.18. The van der Waals surface area contributed by atoms with Gasteiger partial charge in [-0.05, 0) is 36.8 Å². The van der Waals surface area contributed by atoms with Crippen LogP contribution in [-0.2, 0) is 9.59 Å². The molecule has 2 N–H and O–H groups in total. The third-order valence-corrected chi connectivity index (χ3v) is 3.64. The molecule has 6 heteroatoms. The zero-order valence-corrected chi connectivity index (χ0v) is 13.4. The van der Waals surface area contributed by atoms with Crippen molar-refractivity contribution in [1.82, 2.24) is 0 Å². The first-order valence-corrected chi connectivity index (χ1v) is 7.41. The molecule has 0 saturated carbocycles. The highest BCUT2D eigenvalue weighted by Crippen LogP contribution is 2.20. The van der Waals surface area contributed by atoms with Crippen LogP contribution >= 0.6 is 11.6 Å².